The van der Waals surface area contributed by atoms with E-state index in [2.05, 4.69) is 0 Å². The van der Waals surface area contributed by atoms with E-state index in [9.17, 15) is 9.59 Å². The SMILES string of the molecule is CCCC(N)/C(C)=C/C(CC(=O)O)C(=O)O. The summed E-state index contributed by atoms with van der Waals surface area (Å²) in [5.74, 6) is -3.26. The highest BCUT2D eigenvalue weighted by molar-refractivity contribution is 5.79. The Balaban J connectivity index is 4.63. The van der Waals surface area contributed by atoms with Gasteiger partial charge in [-0.25, -0.2) is 0 Å². The summed E-state index contributed by atoms with van der Waals surface area (Å²) in [6.07, 6.45) is 2.70. The van der Waals surface area contributed by atoms with Gasteiger partial charge in [-0.1, -0.05) is 25.0 Å². The van der Waals surface area contributed by atoms with Gasteiger partial charge in [0.05, 0.1) is 12.3 Å². The van der Waals surface area contributed by atoms with Gasteiger partial charge in [0.25, 0.3) is 0 Å². The van der Waals surface area contributed by atoms with Gasteiger partial charge in [0.1, 0.15) is 0 Å². The molecule has 5 heteroatoms. The number of carboxylic acid groups (broad SMARTS) is 2. The van der Waals surface area contributed by atoms with E-state index in [1.807, 2.05) is 6.92 Å². The van der Waals surface area contributed by atoms with Crippen LogP contribution in [-0.4, -0.2) is 28.2 Å². The Morgan fingerprint density at radius 2 is 1.94 bits per heavy atom. The van der Waals surface area contributed by atoms with Gasteiger partial charge in [0.2, 0.25) is 0 Å². The molecule has 0 heterocycles. The first-order chi connectivity index (χ1) is 7.38. The van der Waals surface area contributed by atoms with Gasteiger partial charge in [-0.05, 0) is 13.3 Å². The Morgan fingerprint density at radius 3 is 2.31 bits per heavy atom. The maximum Gasteiger partial charge on any atom is 0.310 e. The van der Waals surface area contributed by atoms with Crippen LogP contribution < -0.4 is 5.73 Å². The van der Waals surface area contributed by atoms with E-state index in [-0.39, 0.29) is 6.04 Å². The molecule has 4 N–H and O–H groups in total. The summed E-state index contributed by atoms with van der Waals surface area (Å²) < 4.78 is 0. The monoisotopic (exact) mass is 229 g/mol. The van der Waals surface area contributed by atoms with E-state index in [1.54, 1.807) is 6.92 Å². The summed E-state index contributed by atoms with van der Waals surface area (Å²) >= 11 is 0. The van der Waals surface area contributed by atoms with E-state index in [1.165, 1.54) is 6.08 Å². The fourth-order valence-corrected chi connectivity index (χ4v) is 1.39. The number of hydrogen-bond donors (Lipinski definition) is 3. The van der Waals surface area contributed by atoms with Crippen molar-refractivity contribution in [1.82, 2.24) is 0 Å². The van der Waals surface area contributed by atoms with E-state index in [0.717, 1.165) is 18.4 Å². The molecule has 0 aliphatic heterocycles. The topological polar surface area (TPSA) is 101 Å². The zero-order valence-electron chi connectivity index (χ0n) is 9.64. The van der Waals surface area contributed by atoms with E-state index in [4.69, 9.17) is 15.9 Å². The molecular formula is C11H19NO4. The average molecular weight is 229 g/mol. The van der Waals surface area contributed by atoms with Gasteiger partial charge in [0.15, 0.2) is 0 Å². The molecule has 0 saturated carbocycles. The third-order valence-corrected chi connectivity index (χ3v) is 2.36. The molecule has 16 heavy (non-hydrogen) atoms. The molecule has 0 aromatic carbocycles. The van der Waals surface area contributed by atoms with Gasteiger partial charge in [-0.2, -0.15) is 0 Å². The van der Waals surface area contributed by atoms with Crippen molar-refractivity contribution in [2.75, 3.05) is 0 Å². The Morgan fingerprint density at radius 1 is 1.38 bits per heavy atom. The fraction of sp³-hybridized carbons (Fsp3) is 0.636. The highest BCUT2D eigenvalue weighted by Gasteiger charge is 2.19. The number of hydrogen-bond acceptors (Lipinski definition) is 3. The standard InChI is InChI=1S/C11H19NO4/c1-3-4-9(12)7(2)5-8(11(15)16)6-10(13)14/h5,8-9H,3-4,6,12H2,1-2H3,(H,13,14)(H,15,16)/b7-5+. The molecule has 2 unspecified atom stereocenters. The zero-order valence-corrected chi connectivity index (χ0v) is 9.64. The van der Waals surface area contributed by atoms with Crippen LogP contribution >= 0.6 is 0 Å². The molecule has 0 bridgehead atoms. The summed E-state index contributed by atoms with van der Waals surface area (Å²) in [6, 6.07) is -0.194. The van der Waals surface area contributed by atoms with Crippen molar-refractivity contribution < 1.29 is 19.8 Å². The number of rotatable bonds is 7. The molecule has 0 aromatic heterocycles. The van der Waals surface area contributed by atoms with E-state index in [0.29, 0.717) is 0 Å². The molecule has 0 fully saturated rings. The van der Waals surface area contributed by atoms with Crippen molar-refractivity contribution in [3.05, 3.63) is 11.6 Å². The third kappa shape index (κ3) is 5.50. The van der Waals surface area contributed by atoms with Crippen molar-refractivity contribution in [2.24, 2.45) is 11.7 Å². The molecule has 0 radical (unpaired) electrons. The normalized spacial score (nSPS) is 15.6. The van der Waals surface area contributed by atoms with Crippen LogP contribution in [0.5, 0.6) is 0 Å². The summed E-state index contributed by atoms with van der Waals surface area (Å²) in [5.41, 5.74) is 6.53. The van der Waals surface area contributed by atoms with Crippen LogP contribution in [0.2, 0.25) is 0 Å². The molecule has 0 amide bonds. The lowest BCUT2D eigenvalue weighted by atomic mass is 9.97. The summed E-state index contributed by atoms with van der Waals surface area (Å²) in [5, 5.41) is 17.4. The van der Waals surface area contributed by atoms with Gasteiger partial charge in [0, 0.05) is 6.04 Å². The van der Waals surface area contributed by atoms with Crippen molar-refractivity contribution >= 4 is 11.9 Å². The quantitative estimate of drug-likeness (QED) is 0.570. The molecule has 92 valence electrons. The maximum atomic E-state index is 10.8. The number of carbonyl (C=O) groups is 2. The smallest absolute Gasteiger partial charge is 0.310 e. The highest BCUT2D eigenvalue weighted by atomic mass is 16.4. The van der Waals surface area contributed by atoms with Crippen molar-refractivity contribution in [3.8, 4) is 0 Å². The number of nitrogens with two attached hydrogens (primary N) is 1. The largest absolute Gasteiger partial charge is 0.481 e. The molecule has 0 aromatic rings. The van der Waals surface area contributed by atoms with Crippen LogP contribution in [0.25, 0.3) is 0 Å². The molecular weight excluding hydrogens is 210 g/mol. The number of carboxylic acids is 2. The van der Waals surface area contributed by atoms with Crippen molar-refractivity contribution in [1.29, 1.82) is 0 Å². The molecule has 0 aliphatic carbocycles. The molecule has 0 spiro atoms. The predicted octanol–water partition coefficient (Wildman–Crippen LogP) is 1.24. The maximum absolute atomic E-state index is 10.8. The van der Waals surface area contributed by atoms with E-state index < -0.39 is 24.3 Å². The van der Waals surface area contributed by atoms with Gasteiger partial charge >= 0.3 is 11.9 Å². The van der Waals surface area contributed by atoms with Crippen LogP contribution in [0.15, 0.2) is 11.6 Å². The first-order valence-corrected chi connectivity index (χ1v) is 5.27. The summed E-state index contributed by atoms with van der Waals surface area (Å²) in [4.78, 5) is 21.3. The van der Waals surface area contributed by atoms with Gasteiger partial charge in [-0.15, -0.1) is 0 Å². The second-order valence-electron chi connectivity index (χ2n) is 3.85. The third-order valence-electron chi connectivity index (χ3n) is 2.36. The minimum absolute atomic E-state index is 0.194. The Hall–Kier alpha value is -1.36. The summed E-state index contributed by atoms with van der Waals surface area (Å²) in [7, 11) is 0. The van der Waals surface area contributed by atoms with Crippen LogP contribution in [0, 0.1) is 5.92 Å². The Labute approximate surface area is 95.0 Å². The van der Waals surface area contributed by atoms with E-state index >= 15 is 0 Å². The van der Waals surface area contributed by atoms with Gasteiger partial charge in [-0.3, -0.25) is 9.59 Å². The second-order valence-corrected chi connectivity index (χ2v) is 3.85. The molecule has 5 nitrogen and oxygen atoms in total. The lowest BCUT2D eigenvalue weighted by molar-refractivity contribution is -0.146. The Kier molecular flexibility index (Phi) is 6.41. The molecule has 0 saturated heterocycles. The lowest BCUT2D eigenvalue weighted by Gasteiger charge is -2.13. The first-order valence-electron chi connectivity index (χ1n) is 5.27. The fourth-order valence-electron chi connectivity index (χ4n) is 1.39. The van der Waals surface area contributed by atoms with Crippen LogP contribution in [0.3, 0.4) is 0 Å². The number of aliphatic carboxylic acids is 2. The second kappa shape index (κ2) is 7.00. The highest BCUT2D eigenvalue weighted by Crippen LogP contribution is 2.13. The average Bonchev–Trinajstić information content (AvgIpc) is 2.16. The zero-order chi connectivity index (χ0) is 12.7. The first kappa shape index (κ1) is 14.6. The van der Waals surface area contributed by atoms with Crippen LogP contribution in [-0.2, 0) is 9.59 Å². The minimum Gasteiger partial charge on any atom is -0.481 e. The predicted molar refractivity (Wildman–Crippen MR) is 60.0 cm³/mol. The van der Waals surface area contributed by atoms with Crippen LogP contribution in [0.4, 0.5) is 0 Å². The molecule has 0 rings (SSSR count). The van der Waals surface area contributed by atoms with Gasteiger partial charge < -0.3 is 15.9 Å². The molecule has 0 aliphatic rings. The summed E-state index contributed by atoms with van der Waals surface area (Å²) in [6.45, 7) is 3.72. The molecule has 2 atom stereocenters. The van der Waals surface area contributed by atoms with Crippen molar-refractivity contribution in [2.45, 2.75) is 39.2 Å². The lowest BCUT2D eigenvalue weighted by Crippen LogP contribution is -2.23. The van der Waals surface area contributed by atoms with Crippen molar-refractivity contribution in [3.63, 3.8) is 0 Å². The minimum atomic E-state index is -1.13. The van der Waals surface area contributed by atoms with Crippen LogP contribution in [0.1, 0.15) is 33.1 Å². The Bertz CT molecular complexity index is 286.